The highest BCUT2D eigenvalue weighted by molar-refractivity contribution is 6.39. The van der Waals surface area contributed by atoms with Gasteiger partial charge < -0.3 is 10.2 Å². The van der Waals surface area contributed by atoms with Crippen LogP contribution in [-0.4, -0.2) is 27.1 Å². The number of pyridine rings is 1. The van der Waals surface area contributed by atoms with Crippen molar-refractivity contribution in [2.75, 3.05) is 0 Å². The molecule has 0 radical (unpaired) electrons. The highest BCUT2D eigenvalue weighted by atomic mass is 35.5. The van der Waals surface area contributed by atoms with Crippen molar-refractivity contribution in [3.63, 3.8) is 0 Å². The SMILES string of the molecule is Cc1nc2c(Cl)cc(Cl)cc2c(C(=O)O)c1C(=O)O. The highest BCUT2D eigenvalue weighted by Crippen LogP contribution is 2.31. The van der Waals surface area contributed by atoms with Crippen LogP contribution < -0.4 is 0 Å². The Kier molecular flexibility index (Phi) is 3.34. The van der Waals surface area contributed by atoms with Crippen LogP contribution in [0.5, 0.6) is 0 Å². The fourth-order valence-electron chi connectivity index (χ4n) is 1.89. The number of aromatic carboxylic acids is 2. The monoisotopic (exact) mass is 299 g/mol. The number of nitrogens with zero attached hydrogens (tertiary/aromatic N) is 1. The molecule has 0 saturated carbocycles. The van der Waals surface area contributed by atoms with Crippen LogP contribution in [-0.2, 0) is 0 Å². The quantitative estimate of drug-likeness (QED) is 0.889. The van der Waals surface area contributed by atoms with Gasteiger partial charge in [0.25, 0.3) is 0 Å². The molecule has 1 aromatic carbocycles. The van der Waals surface area contributed by atoms with Crippen molar-refractivity contribution in [3.05, 3.63) is 39.0 Å². The van der Waals surface area contributed by atoms with E-state index in [1.807, 2.05) is 0 Å². The van der Waals surface area contributed by atoms with Gasteiger partial charge in [-0.25, -0.2) is 9.59 Å². The number of carboxylic acid groups (broad SMARTS) is 2. The van der Waals surface area contributed by atoms with Crippen LogP contribution in [0.3, 0.4) is 0 Å². The normalized spacial score (nSPS) is 10.7. The first-order valence-corrected chi connectivity index (χ1v) is 5.84. The summed E-state index contributed by atoms with van der Waals surface area (Å²) in [5, 5.41) is 18.9. The molecule has 0 amide bonds. The standard InChI is InChI=1S/C12H7Cl2NO4/c1-4-8(11(16)17)9(12(18)19)6-2-5(13)3-7(14)10(6)15-4/h2-3H,1H3,(H,16,17)(H,18,19). The molecule has 1 aromatic heterocycles. The Balaban J connectivity index is 3.07. The molecule has 0 aliphatic carbocycles. The van der Waals surface area contributed by atoms with Crippen molar-refractivity contribution in [2.24, 2.45) is 0 Å². The van der Waals surface area contributed by atoms with Gasteiger partial charge in [0.2, 0.25) is 0 Å². The van der Waals surface area contributed by atoms with Crippen molar-refractivity contribution in [1.29, 1.82) is 0 Å². The molecule has 1 heterocycles. The molecular weight excluding hydrogens is 293 g/mol. The summed E-state index contributed by atoms with van der Waals surface area (Å²) in [7, 11) is 0. The summed E-state index contributed by atoms with van der Waals surface area (Å²) in [6.07, 6.45) is 0. The first-order chi connectivity index (χ1) is 8.82. The first-order valence-electron chi connectivity index (χ1n) is 5.09. The fraction of sp³-hybridized carbons (Fsp3) is 0.0833. The Hall–Kier alpha value is -1.85. The lowest BCUT2D eigenvalue weighted by molar-refractivity contribution is 0.0652. The highest BCUT2D eigenvalue weighted by Gasteiger charge is 2.24. The van der Waals surface area contributed by atoms with E-state index in [1.165, 1.54) is 19.1 Å². The molecule has 0 bridgehead atoms. The van der Waals surface area contributed by atoms with Gasteiger partial charge >= 0.3 is 11.9 Å². The smallest absolute Gasteiger partial charge is 0.338 e. The summed E-state index contributed by atoms with van der Waals surface area (Å²) in [5.74, 6) is -2.73. The lowest BCUT2D eigenvalue weighted by Crippen LogP contribution is -2.12. The number of carboxylic acids is 2. The molecule has 2 aromatic rings. The van der Waals surface area contributed by atoms with Gasteiger partial charge in [-0.05, 0) is 19.1 Å². The molecule has 2 N–H and O–H groups in total. The van der Waals surface area contributed by atoms with Crippen molar-refractivity contribution in [2.45, 2.75) is 6.92 Å². The molecule has 7 heteroatoms. The molecule has 0 aliphatic rings. The molecule has 0 atom stereocenters. The largest absolute Gasteiger partial charge is 0.478 e. The molecule has 5 nitrogen and oxygen atoms in total. The number of hydrogen-bond acceptors (Lipinski definition) is 3. The zero-order valence-electron chi connectivity index (χ0n) is 9.57. The maximum Gasteiger partial charge on any atom is 0.338 e. The summed E-state index contributed by atoms with van der Waals surface area (Å²) in [5.41, 5.74) is -0.426. The minimum Gasteiger partial charge on any atom is -0.478 e. The first kappa shape index (κ1) is 13.6. The van der Waals surface area contributed by atoms with E-state index in [0.717, 1.165) is 0 Å². The molecule has 2 rings (SSSR count). The minimum atomic E-state index is -1.37. The summed E-state index contributed by atoms with van der Waals surface area (Å²) in [6.45, 7) is 1.42. The maximum atomic E-state index is 11.3. The number of aryl methyl sites for hydroxylation is 1. The van der Waals surface area contributed by atoms with Gasteiger partial charge in [0.15, 0.2) is 0 Å². The van der Waals surface area contributed by atoms with Gasteiger partial charge in [-0.15, -0.1) is 0 Å². The summed E-state index contributed by atoms with van der Waals surface area (Å²) < 4.78 is 0. The molecule has 98 valence electrons. The Morgan fingerprint density at radius 2 is 1.68 bits per heavy atom. The zero-order valence-corrected chi connectivity index (χ0v) is 11.1. The van der Waals surface area contributed by atoms with Gasteiger partial charge in [0.05, 0.1) is 27.4 Å². The number of fused-ring (bicyclic) bond motifs is 1. The van der Waals surface area contributed by atoms with E-state index in [9.17, 15) is 14.7 Å². The van der Waals surface area contributed by atoms with E-state index in [4.69, 9.17) is 28.3 Å². The Labute approximate surface area is 117 Å². The Morgan fingerprint density at radius 1 is 1.11 bits per heavy atom. The van der Waals surface area contributed by atoms with E-state index >= 15 is 0 Å². The van der Waals surface area contributed by atoms with Crippen LogP contribution in [0.2, 0.25) is 10.0 Å². The average molecular weight is 300 g/mol. The van der Waals surface area contributed by atoms with Gasteiger partial charge in [-0.1, -0.05) is 23.2 Å². The summed E-state index contributed by atoms with van der Waals surface area (Å²) in [4.78, 5) is 26.6. The number of aromatic nitrogens is 1. The third-order valence-corrected chi connectivity index (χ3v) is 3.12. The predicted molar refractivity (Wildman–Crippen MR) is 70.4 cm³/mol. The molecular formula is C12H7Cl2NO4. The summed E-state index contributed by atoms with van der Waals surface area (Å²) in [6, 6.07) is 2.76. The van der Waals surface area contributed by atoms with E-state index in [0.29, 0.717) is 0 Å². The second kappa shape index (κ2) is 4.68. The fourth-order valence-corrected chi connectivity index (χ4v) is 2.43. The van der Waals surface area contributed by atoms with Gasteiger partial charge in [0, 0.05) is 10.4 Å². The minimum absolute atomic E-state index is 0.0848. The molecule has 19 heavy (non-hydrogen) atoms. The molecule has 0 saturated heterocycles. The second-order valence-corrected chi connectivity index (χ2v) is 4.68. The zero-order chi connectivity index (χ0) is 14.3. The number of carbonyl (C=O) groups is 2. The van der Waals surface area contributed by atoms with Crippen molar-refractivity contribution in [3.8, 4) is 0 Å². The van der Waals surface area contributed by atoms with Crippen molar-refractivity contribution in [1.82, 2.24) is 4.98 Å². The lowest BCUT2D eigenvalue weighted by Gasteiger charge is -2.10. The Bertz CT molecular complexity index is 727. The summed E-state index contributed by atoms with van der Waals surface area (Å²) >= 11 is 11.8. The molecule has 0 spiro atoms. The van der Waals surface area contributed by atoms with E-state index in [1.54, 1.807) is 0 Å². The van der Waals surface area contributed by atoms with Crippen LogP contribution >= 0.6 is 23.2 Å². The Morgan fingerprint density at radius 3 is 2.21 bits per heavy atom. The van der Waals surface area contributed by atoms with E-state index in [2.05, 4.69) is 4.98 Å². The van der Waals surface area contributed by atoms with Crippen LogP contribution in [0.4, 0.5) is 0 Å². The molecule has 0 fully saturated rings. The third kappa shape index (κ3) is 2.22. The maximum absolute atomic E-state index is 11.3. The number of halogens is 2. The lowest BCUT2D eigenvalue weighted by atomic mass is 10.0. The van der Waals surface area contributed by atoms with Crippen LogP contribution in [0.1, 0.15) is 26.4 Å². The molecule has 0 aliphatic heterocycles. The third-order valence-electron chi connectivity index (χ3n) is 2.62. The van der Waals surface area contributed by atoms with Crippen molar-refractivity contribution < 1.29 is 19.8 Å². The van der Waals surface area contributed by atoms with Crippen LogP contribution in [0.15, 0.2) is 12.1 Å². The molecule has 0 unspecified atom stereocenters. The average Bonchev–Trinajstić information content (AvgIpc) is 2.27. The van der Waals surface area contributed by atoms with Crippen LogP contribution in [0.25, 0.3) is 10.9 Å². The number of benzene rings is 1. The van der Waals surface area contributed by atoms with Crippen molar-refractivity contribution >= 4 is 46.0 Å². The van der Waals surface area contributed by atoms with Crippen LogP contribution in [0, 0.1) is 6.92 Å². The number of rotatable bonds is 2. The second-order valence-electron chi connectivity index (χ2n) is 3.84. The topological polar surface area (TPSA) is 87.5 Å². The van der Waals surface area contributed by atoms with E-state index in [-0.39, 0.29) is 37.8 Å². The van der Waals surface area contributed by atoms with Gasteiger partial charge in [-0.2, -0.15) is 0 Å². The van der Waals surface area contributed by atoms with Gasteiger partial charge in [-0.3, -0.25) is 4.98 Å². The predicted octanol–water partition coefficient (Wildman–Crippen LogP) is 3.25. The van der Waals surface area contributed by atoms with Gasteiger partial charge in [0.1, 0.15) is 0 Å². The van der Waals surface area contributed by atoms with E-state index < -0.39 is 11.9 Å². The number of hydrogen-bond donors (Lipinski definition) is 2.